The van der Waals surface area contributed by atoms with Crippen LogP contribution in [0.25, 0.3) is 10.8 Å². The maximum Gasteiger partial charge on any atom is 0.240 e. The van der Waals surface area contributed by atoms with Gasteiger partial charge in [-0.15, -0.1) is 0 Å². The van der Waals surface area contributed by atoms with Gasteiger partial charge >= 0.3 is 0 Å². The van der Waals surface area contributed by atoms with Crippen molar-refractivity contribution in [2.45, 2.75) is 17.4 Å². The topological polar surface area (TPSA) is 86.6 Å². The smallest absolute Gasteiger partial charge is 0.240 e. The Kier molecular flexibility index (Phi) is 5.03. The number of phenolic OH excluding ortho intramolecular Hbond substituents is 1. The lowest BCUT2D eigenvalue weighted by Crippen LogP contribution is -2.39. The van der Waals surface area contributed by atoms with Crippen molar-refractivity contribution in [3.05, 3.63) is 72.3 Å². The molecule has 0 amide bonds. The van der Waals surface area contributed by atoms with Gasteiger partial charge in [-0.25, -0.2) is 13.1 Å². The van der Waals surface area contributed by atoms with Gasteiger partial charge in [0.25, 0.3) is 0 Å². The molecule has 0 saturated heterocycles. The standard InChI is InChI=1S/C19H19NO4S/c21-13-17(11-14-5-8-18(22)9-6-14)20-25(23,24)19-10-7-15-3-1-2-4-16(15)12-19/h1-10,12,17,20-22H,11,13H2. The molecule has 0 heterocycles. The molecule has 1 unspecified atom stereocenters. The van der Waals surface area contributed by atoms with Crippen LogP contribution in [0.5, 0.6) is 5.75 Å². The zero-order chi connectivity index (χ0) is 17.9. The SMILES string of the molecule is O=S(=O)(NC(CO)Cc1ccc(O)cc1)c1ccc2ccccc2c1. The van der Waals surface area contributed by atoms with Crippen molar-refractivity contribution in [2.24, 2.45) is 0 Å². The van der Waals surface area contributed by atoms with Crippen LogP contribution in [0.2, 0.25) is 0 Å². The molecule has 3 aromatic rings. The third kappa shape index (κ3) is 4.17. The summed E-state index contributed by atoms with van der Waals surface area (Å²) in [5.74, 6) is 0.140. The second-order valence-corrected chi connectivity index (χ2v) is 7.59. The van der Waals surface area contributed by atoms with E-state index in [9.17, 15) is 18.6 Å². The fourth-order valence-corrected chi connectivity index (χ4v) is 3.94. The molecule has 3 aromatic carbocycles. The maximum absolute atomic E-state index is 12.6. The summed E-state index contributed by atoms with van der Waals surface area (Å²) in [7, 11) is -3.75. The quantitative estimate of drug-likeness (QED) is 0.632. The zero-order valence-electron chi connectivity index (χ0n) is 13.5. The Balaban J connectivity index is 1.81. The first-order valence-corrected chi connectivity index (χ1v) is 9.36. The number of aliphatic hydroxyl groups excluding tert-OH is 1. The number of hydrogen-bond donors (Lipinski definition) is 3. The van der Waals surface area contributed by atoms with Gasteiger partial charge in [-0.1, -0.05) is 42.5 Å². The molecule has 0 aliphatic rings. The molecule has 130 valence electrons. The highest BCUT2D eigenvalue weighted by Crippen LogP contribution is 2.19. The molecule has 3 rings (SSSR count). The molecule has 0 aromatic heterocycles. The van der Waals surface area contributed by atoms with Crippen molar-refractivity contribution >= 4 is 20.8 Å². The van der Waals surface area contributed by atoms with Crippen molar-refractivity contribution in [1.29, 1.82) is 0 Å². The van der Waals surface area contributed by atoms with E-state index < -0.39 is 16.1 Å². The number of phenols is 1. The van der Waals surface area contributed by atoms with E-state index in [4.69, 9.17) is 0 Å². The lowest BCUT2D eigenvalue weighted by molar-refractivity contribution is 0.256. The zero-order valence-corrected chi connectivity index (χ0v) is 14.3. The lowest BCUT2D eigenvalue weighted by atomic mass is 10.1. The van der Waals surface area contributed by atoms with Gasteiger partial charge in [0, 0.05) is 6.04 Å². The lowest BCUT2D eigenvalue weighted by Gasteiger charge is -2.17. The van der Waals surface area contributed by atoms with Gasteiger partial charge in [0.2, 0.25) is 10.0 Å². The molecule has 1 atom stereocenters. The predicted molar refractivity (Wildman–Crippen MR) is 97.0 cm³/mol. The van der Waals surface area contributed by atoms with Crippen LogP contribution in [0.4, 0.5) is 0 Å². The molecule has 0 fully saturated rings. The first-order chi connectivity index (χ1) is 12.0. The summed E-state index contributed by atoms with van der Waals surface area (Å²) in [6, 6.07) is 18.3. The number of aromatic hydroxyl groups is 1. The average molecular weight is 357 g/mol. The number of fused-ring (bicyclic) bond motifs is 1. The normalized spacial score (nSPS) is 13.0. The minimum atomic E-state index is -3.75. The molecule has 0 bridgehead atoms. The van der Waals surface area contributed by atoms with E-state index in [0.29, 0.717) is 6.42 Å². The predicted octanol–water partition coefficient (Wildman–Crippen LogP) is 2.43. The molecule has 0 aliphatic heterocycles. The van der Waals surface area contributed by atoms with Crippen molar-refractivity contribution in [3.8, 4) is 5.75 Å². The van der Waals surface area contributed by atoms with Crippen LogP contribution in [0.3, 0.4) is 0 Å². The van der Waals surface area contributed by atoms with E-state index in [0.717, 1.165) is 16.3 Å². The van der Waals surface area contributed by atoms with Crippen molar-refractivity contribution < 1.29 is 18.6 Å². The van der Waals surface area contributed by atoms with E-state index in [1.165, 1.54) is 12.1 Å². The van der Waals surface area contributed by atoms with Gasteiger partial charge < -0.3 is 10.2 Å². The molecule has 5 nitrogen and oxygen atoms in total. The van der Waals surface area contributed by atoms with Gasteiger partial charge in [-0.2, -0.15) is 0 Å². The third-order valence-electron chi connectivity index (χ3n) is 3.99. The molecule has 25 heavy (non-hydrogen) atoms. The summed E-state index contributed by atoms with van der Waals surface area (Å²) < 4.78 is 27.8. The molecular formula is C19H19NO4S. The largest absolute Gasteiger partial charge is 0.508 e. The summed E-state index contributed by atoms with van der Waals surface area (Å²) >= 11 is 0. The third-order valence-corrected chi connectivity index (χ3v) is 5.51. The Morgan fingerprint density at radius 1 is 0.920 bits per heavy atom. The molecule has 0 radical (unpaired) electrons. The fourth-order valence-electron chi connectivity index (χ4n) is 2.68. The number of nitrogens with one attached hydrogen (secondary N) is 1. The Bertz CT molecular complexity index is 968. The first kappa shape index (κ1) is 17.4. The molecule has 0 aliphatic carbocycles. The summed E-state index contributed by atoms with van der Waals surface area (Å²) in [4.78, 5) is 0.162. The molecule has 3 N–H and O–H groups in total. The number of sulfonamides is 1. The number of benzene rings is 3. The maximum atomic E-state index is 12.6. The van der Waals surface area contributed by atoms with E-state index in [1.54, 1.807) is 30.3 Å². The van der Waals surface area contributed by atoms with Crippen LogP contribution in [0.1, 0.15) is 5.56 Å². The first-order valence-electron chi connectivity index (χ1n) is 7.88. The van der Waals surface area contributed by atoms with Crippen molar-refractivity contribution in [1.82, 2.24) is 4.72 Å². The Morgan fingerprint density at radius 2 is 1.60 bits per heavy atom. The highest BCUT2D eigenvalue weighted by Gasteiger charge is 2.20. The van der Waals surface area contributed by atoms with Gasteiger partial charge in [-0.3, -0.25) is 0 Å². The van der Waals surface area contributed by atoms with Gasteiger partial charge in [-0.05, 0) is 47.0 Å². The van der Waals surface area contributed by atoms with Crippen LogP contribution in [-0.4, -0.2) is 31.3 Å². The Labute approximate surface area is 146 Å². The monoisotopic (exact) mass is 357 g/mol. The molecular weight excluding hydrogens is 338 g/mol. The summed E-state index contributed by atoms with van der Waals surface area (Å²) in [6.45, 7) is -0.326. The number of rotatable bonds is 6. The summed E-state index contributed by atoms with van der Waals surface area (Å²) in [5, 5.41) is 20.7. The van der Waals surface area contributed by atoms with Crippen LogP contribution in [0.15, 0.2) is 71.6 Å². The Hall–Kier alpha value is -2.41. The van der Waals surface area contributed by atoms with Gasteiger partial charge in [0.1, 0.15) is 5.75 Å². The van der Waals surface area contributed by atoms with E-state index >= 15 is 0 Å². The van der Waals surface area contributed by atoms with Gasteiger partial charge in [0.15, 0.2) is 0 Å². The molecule has 0 spiro atoms. The van der Waals surface area contributed by atoms with Crippen LogP contribution in [-0.2, 0) is 16.4 Å². The molecule has 0 saturated carbocycles. The van der Waals surface area contributed by atoms with Gasteiger partial charge in [0.05, 0.1) is 11.5 Å². The van der Waals surface area contributed by atoms with Crippen LogP contribution < -0.4 is 4.72 Å². The van der Waals surface area contributed by atoms with Crippen molar-refractivity contribution in [3.63, 3.8) is 0 Å². The highest BCUT2D eigenvalue weighted by molar-refractivity contribution is 7.89. The second-order valence-electron chi connectivity index (χ2n) is 5.88. The summed E-state index contributed by atoms with van der Waals surface area (Å²) in [5.41, 5.74) is 0.818. The second kappa shape index (κ2) is 7.23. The number of aliphatic hydroxyl groups is 1. The highest BCUT2D eigenvalue weighted by atomic mass is 32.2. The van der Waals surface area contributed by atoms with Crippen LogP contribution in [0, 0.1) is 0 Å². The fraction of sp³-hybridized carbons (Fsp3) is 0.158. The molecule has 6 heteroatoms. The van der Waals surface area contributed by atoms with E-state index in [1.807, 2.05) is 24.3 Å². The van der Waals surface area contributed by atoms with E-state index in [2.05, 4.69) is 4.72 Å². The average Bonchev–Trinajstić information content (AvgIpc) is 2.62. The van der Waals surface area contributed by atoms with Crippen LogP contribution >= 0.6 is 0 Å². The number of hydrogen-bond acceptors (Lipinski definition) is 4. The minimum Gasteiger partial charge on any atom is -0.508 e. The van der Waals surface area contributed by atoms with E-state index in [-0.39, 0.29) is 17.3 Å². The minimum absolute atomic E-state index is 0.140. The van der Waals surface area contributed by atoms with Crippen molar-refractivity contribution in [2.75, 3.05) is 6.61 Å². The summed E-state index contributed by atoms with van der Waals surface area (Å²) in [6.07, 6.45) is 0.323. The Morgan fingerprint density at radius 3 is 2.28 bits per heavy atom.